The van der Waals surface area contributed by atoms with E-state index in [9.17, 15) is 8.42 Å². The van der Waals surface area contributed by atoms with E-state index < -0.39 is 10.0 Å². The average molecular weight is 450 g/mol. The zero-order valence-electron chi connectivity index (χ0n) is 18.6. The van der Waals surface area contributed by atoms with Gasteiger partial charge in [-0.25, -0.2) is 18.1 Å². The van der Waals surface area contributed by atoms with Gasteiger partial charge in [-0.05, 0) is 58.0 Å². The summed E-state index contributed by atoms with van der Waals surface area (Å²) in [7, 11) is -3.31. The molecule has 0 aliphatic carbocycles. The number of pyridine rings is 1. The zero-order valence-corrected chi connectivity index (χ0v) is 19.4. The van der Waals surface area contributed by atoms with Gasteiger partial charge in [0.15, 0.2) is 0 Å². The van der Waals surface area contributed by atoms with Crippen LogP contribution in [0.4, 0.5) is 17.3 Å². The first-order chi connectivity index (χ1) is 15.1. The van der Waals surface area contributed by atoms with Gasteiger partial charge in [-0.15, -0.1) is 0 Å². The molecule has 2 heterocycles. The number of aromatic nitrogens is 3. The molecule has 0 bridgehead atoms. The van der Waals surface area contributed by atoms with Crippen molar-refractivity contribution in [1.82, 2.24) is 14.8 Å². The molecule has 32 heavy (non-hydrogen) atoms. The summed E-state index contributed by atoms with van der Waals surface area (Å²) in [4.78, 5) is 4.71. The van der Waals surface area contributed by atoms with Gasteiger partial charge in [-0.3, -0.25) is 4.72 Å². The fourth-order valence-corrected chi connectivity index (χ4v) is 3.99. The lowest BCUT2D eigenvalue weighted by molar-refractivity contribution is 0.362. The van der Waals surface area contributed by atoms with Gasteiger partial charge >= 0.3 is 0 Å². The number of hydrogen-bond donors (Lipinski definition) is 2. The molecule has 0 aliphatic rings. The average Bonchev–Trinajstić information content (AvgIpc) is 3.18. The van der Waals surface area contributed by atoms with Crippen LogP contribution in [0.25, 0.3) is 22.2 Å². The van der Waals surface area contributed by atoms with Crippen LogP contribution in [0.3, 0.4) is 0 Å². The minimum atomic E-state index is -3.31. The first-order valence-corrected chi connectivity index (χ1v) is 12.1. The Hall–Kier alpha value is -3.39. The summed E-state index contributed by atoms with van der Waals surface area (Å²) >= 11 is 0. The van der Waals surface area contributed by atoms with E-state index in [0.717, 1.165) is 33.8 Å². The third-order valence-electron chi connectivity index (χ3n) is 5.03. The minimum Gasteiger partial charge on any atom is -0.325 e. The Morgan fingerprint density at radius 2 is 1.69 bits per heavy atom. The Bertz CT molecular complexity index is 1350. The Morgan fingerprint density at radius 1 is 0.969 bits per heavy atom. The summed E-state index contributed by atoms with van der Waals surface area (Å²) in [6.45, 7) is 7.87. The summed E-state index contributed by atoms with van der Waals surface area (Å²) in [6.07, 6.45) is 0. The zero-order chi connectivity index (χ0) is 22.9. The number of nitrogens with one attached hydrogen (secondary N) is 2. The number of sulfonamides is 1. The van der Waals surface area contributed by atoms with Crippen LogP contribution in [0.1, 0.15) is 27.7 Å². The van der Waals surface area contributed by atoms with Crippen molar-refractivity contribution in [3.63, 3.8) is 0 Å². The molecule has 0 spiro atoms. The maximum absolute atomic E-state index is 11.8. The third kappa shape index (κ3) is 4.75. The number of nitrogens with zero attached hydrogens (tertiary/aromatic N) is 3. The fraction of sp³-hybridized carbons (Fsp3) is 0.250. The molecule has 0 fully saturated rings. The van der Waals surface area contributed by atoms with Crippen LogP contribution < -0.4 is 10.0 Å². The lowest BCUT2D eigenvalue weighted by atomic mass is 10.1. The summed E-state index contributed by atoms with van der Waals surface area (Å²) in [5.41, 5.74) is 2.87. The van der Waals surface area contributed by atoms with Gasteiger partial charge in [0.25, 0.3) is 0 Å². The molecule has 2 aromatic heterocycles. The molecule has 4 rings (SSSR count). The topological polar surface area (TPSA) is 88.9 Å². The molecular formula is C24H27N5O2S. The highest BCUT2D eigenvalue weighted by molar-refractivity contribution is 7.92. The second kappa shape index (κ2) is 8.27. The van der Waals surface area contributed by atoms with Crippen molar-refractivity contribution in [2.75, 3.05) is 15.8 Å². The summed E-state index contributed by atoms with van der Waals surface area (Å²) in [5, 5.41) is 9.31. The van der Waals surface area contributed by atoms with Crippen molar-refractivity contribution in [2.45, 2.75) is 33.2 Å². The minimum absolute atomic E-state index is 0.0303. The molecule has 8 heteroatoms. The van der Waals surface area contributed by atoms with E-state index >= 15 is 0 Å². The lowest BCUT2D eigenvalue weighted by Crippen LogP contribution is -2.24. The molecule has 0 atom stereocenters. The monoisotopic (exact) mass is 449 g/mol. The van der Waals surface area contributed by atoms with Gasteiger partial charge in [0.2, 0.25) is 10.0 Å². The van der Waals surface area contributed by atoms with Gasteiger partial charge < -0.3 is 5.32 Å². The molecule has 0 unspecified atom stereocenters. The van der Waals surface area contributed by atoms with Crippen LogP contribution in [0.15, 0.2) is 66.7 Å². The van der Waals surface area contributed by atoms with Crippen LogP contribution in [-0.4, -0.2) is 28.9 Å². The summed E-state index contributed by atoms with van der Waals surface area (Å²) in [5.74, 6) is 1.60. The molecule has 166 valence electrons. The second-order valence-corrected chi connectivity index (χ2v) is 10.6. The van der Waals surface area contributed by atoms with Crippen LogP contribution in [0, 0.1) is 0 Å². The summed E-state index contributed by atoms with van der Waals surface area (Å²) in [6, 6.07) is 21.2. The normalized spacial score (nSPS) is 12.1. The molecule has 0 amide bonds. The smallest absolute Gasteiger partial charge is 0.232 e. The number of fused-ring (bicyclic) bond motifs is 1. The van der Waals surface area contributed by atoms with Gasteiger partial charge in [0, 0.05) is 22.7 Å². The van der Waals surface area contributed by atoms with Crippen molar-refractivity contribution >= 4 is 38.2 Å². The Kier molecular flexibility index (Phi) is 5.64. The highest BCUT2D eigenvalue weighted by Gasteiger charge is 2.21. The Balaban J connectivity index is 1.66. The van der Waals surface area contributed by atoms with Crippen LogP contribution in [0.2, 0.25) is 0 Å². The fourth-order valence-electron chi connectivity index (χ4n) is 3.35. The van der Waals surface area contributed by atoms with E-state index in [0.29, 0.717) is 5.69 Å². The SMILES string of the molecule is CCS(=O)(=O)Nc1ccc(-c2cc(Nc3ccc4ccccc4n3)n(C(C)(C)C)n2)cc1. The quantitative estimate of drug-likeness (QED) is 0.414. The first kappa shape index (κ1) is 21.8. The van der Waals surface area contributed by atoms with Crippen molar-refractivity contribution in [1.29, 1.82) is 0 Å². The van der Waals surface area contributed by atoms with E-state index in [4.69, 9.17) is 10.1 Å². The number of rotatable bonds is 6. The number of para-hydroxylation sites is 1. The standard InChI is InChI=1S/C24H27N5O2S/c1-5-32(30,31)28-19-13-10-18(11-14-19)21-16-23(29(27-21)24(2,3)4)26-22-15-12-17-8-6-7-9-20(17)25-22/h6-16,28H,5H2,1-4H3,(H,25,26). The third-order valence-corrected chi connectivity index (χ3v) is 6.34. The van der Waals surface area contributed by atoms with Gasteiger partial charge in [0.05, 0.1) is 22.5 Å². The highest BCUT2D eigenvalue weighted by atomic mass is 32.2. The van der Waals surface area contributed by atoms with E-state index in [1.54, 1.807) is 19.1 Å². The maximum Gasteiger partial charge on any atom is 0.232 e. The number of benzene rings is 2. The van der Waals surface area contributed by atoms with Gasteiger partial charge in [0.1, 0.15) is 11.6 Å². The van der Waals surface area contributed by atoms with Crippen LogP contribution >= 0.6 is 0 Å². The van der Waals surface area contributed by atoms with E-state index in [-0.39, 0.29) is 11.3 Å². The first-order valence-electron chi connectivity index (χ1n) is 10.5. The van der Waals surface area contributed by atoms with E-state index in [2.05, 4.69) is 30.8 Å². The van der Waals surface area contributed by atoms with Crippen molar-refractivity contribution in [2.24, 2.45) is 0 Å². The lowest BCUT2D eigenvalue weighted by Gasteiger charge is -2.22. The Morgan fingerprint density at radius 3 is 2.38 bits per heavy atom. The van der Waals surface area contributed by atoms with E-state index in [1.165, 1.54) is 0 Å². The summed E-state index contributed by atoms with van der Waals surface area (Å²) < 4.78 is 28.1. The predicted octanol–water partition coefficient (Wildman–Crippen LogP) is 5.36. The second-order valence-electron chi connectivity index (χ2n) is 8.59. The van der Waals surface area contributed by atoms with Crippen molar-refractivity contribution < 1.29 is 8.42 Å². The van der Waals surface area contributed by atoms with Gasteiger partial charge in [-0.2, -0.15) is 5.10 Å². The molecule has 2 N–H and O–H groups in total. The van der Waals surface area contributed by atoms with Gasteiger partial charge in [-0.1, -0.05) is 30.3 Å². The highest BCUT2D eigenvalue weighted by Crippen LogP contribution is 2.30. The van der Waals surface area contributed by atoms with Crippen molar-refractivity contribution in [3.8, 4) is 11.3 Å². The predicted molar refractivity (Wildman–Crippen MR) is 131 cm³/mol. The molecule has 0 radical (unpaired) electrons. The molecular weight excluding hydrogens is 422 g/mol. The largest absolute Gasteiger partial charge is 0.325 e. The molecule has 0 saturated heterocycles. The molecule has 2 aromatic carbocycles. The molecule has 0 aliphatic heterocycles. The Labute approximate surface area is 188 Å². The molecule has 0 saturated carbocycles. The van der Waals surface area contributed by atoms with Crippen LogP contribution in [0.5, 0.6) is 0 Å². The maximum atomic E-state index is 11.8. The molecule has 4 aromatic rings. The van der Waals surface area contributed by atoms with E-state index in [1.807, 2.05) is 59.3 Å². The van der Waals surface area contributed by atoms with Crippen molar-refractivity contribution in [3.05, 3.63) is 66.7 Å². The van der Waals surface area contributed by atoms with Crippen LogP contribution in [-0.2, 0) is 15.6 Å². The number of hydrogen-bond acceptors (Lipinski definition) is 5. The number of anilines is 3. The molecule has 7 nitrogen and oxygen atoms in total.